The van der Waals surface area contributed by atoms with Crippen molar-refractivity contribution in [2.24, 2.45) is 16.7 Å². The Balaban J connectivity index is 1.47. The number of ether oxygens (including phenoxy) is 3. The number of hydrogen-bond donors (Lipinski definition) is 4. The fourth-order valence-electron chi connectivity index (χ4n) is 9.50. The van der Waals surface area contributed by atoms with Gasteiger partial charge in [0.1, 0.15) is 31.0 Å². The van der Waals surface area contributed by atoms with Crippen LogP contribution in [0.3, 0.4) is 0 Å². The molecule has 1 fully saturated rings. The van der Waals surface area contributed by atoms with Gasteiger partial charge in [0, 0.05) is 6.42 Å². The van der Waals surface area contributed by atoms with Crippen LogP contribution in [0.25, 0.3) is 0 Å². The summed E-state index contributed by atoms with van der Waals surface area (Å²) in [7, 11) is 0. The number of esters is 1. The summed E-state index contributed by atoms with van der Waals surface area (Å²) in [6.45, 7) is 25.7. The predicted molar refractivity (Wildman–Crippen MR) is 277 cm³/mol. The topological polar surface area (TPSA) is 126 Å². The summed E-state index contributed by atoms with van der Waals surface area (Å²) in [5, 5.41) is 42.4. The second kappa shape index (κ2) is 28.8. The SMILES string of the molecule is CC1=C(/C=C/C(C)=C/C=C/C(C)=C/C=C/C=C(C)/C=C/C=C(C)/C=C/C2=C(C)C[C@@H](O[C@@H]3O[C@H](COC(=O)CCCCCCCCCC(C)C)[C@@H](O)[C@H](O)[C@H]3O)CC2(C)C)C(C)(C)C[C@H](O)C1. The Morgan fingerprint density at radius 1 is 0.642 bits per heavy atom. The average molecular weight is 927 g/mol. The van der Waals surface area contributed by atoms with Gasteiger partial charge in [0.25, 0.3) is 0 Å². The van der Waals surface area contributed by atoms with Crippen molar-refractivity contribution in [3.05, 3.63) is 130 Å². The molecule has 0 aromatic rings. The smallest absolute Gasteiger partial charge is 0.305 e. The minimum Gasteiger partial charge on any atom is -0.463 e. The molecule has 0 bridgehead atoms. The Morgan fingerprint density at radius 2 is 1.12 bits per heavy atom. The third-order valence-corrected chi connectivity index (χ3v) is 13.3. The van der Waals surface area contributed by atoms with Crippen LogP contribution in [0.15, 0.2) is 130 Å². The van der Waals surface area contributed by atoms with E-state index < -0.39 is 30.7 Å². The van der Waals surface area contributed by atoms with Crippen molar-refractivity contribution in [2.45, 2.75) is 209 Å². The predicted octanol–water partition coefficient (Wildman–Crippen LogP) is 13.1. The lowest BCUT2D eigenvalue weighted by molar-refractivity contribution is -0.313. The zero-order valence-electron chi connectivity index (χ0n) is 43.5. The lowest BCUT2D eigenvalue weighted by Gasteiger charge is -2.43. The van der Waals surface area contributed by atoms with Gasteiger partial charge in [-0.3, -0.25) is 4.79 Å². The monoisotopic (exact) mass is 927 g/mol. The number of carbonyl (C=O) groups excluding carboxylic acids is 1. The molecule has 8 heteroatoms. The Bertz CT molecular complexity index is 1920. The van der Waals surface area contributed by atoms with Crippen LogP contribution < -0.4 is 0 Å². The summed E-state index contributed by atoms with van der Waals surface area (Å²) in [5.41, 5.74) is 9.32. The number of carbonyl (C=O) groups is 1. The van der Waals surface area contributed by atoms with E-state index in [1.165, 1.54) is 60.0 Å². The maximum atomic E-state index is 12.5. The van der Waals surface area contributed by atoms with Crippen molar-refractivity contribution in [2.75, 3.05) is 6.61 Å². The van der Waals surface area contributed by atoms with E-state index in [2.05, 4.69) is 168 Å². The van der Waals surface area contributed by atoms with Gasteiger partial charge in [-0.15, -0.1) is 0 Å². The van der Waals surface area contributed by atoms with E-state index in [1.807, 2.05) is 0 Å². The summed E-state index contributed by atoms with van der Waals surface area (Å²) in [6.07, 6.45) is 34.6. The van der Waals surface area contributed by atoms with Crippen LogP contribution in [0.4, 0.5) is 0 Å². The molecule has 0 saturated carbocycles. The zero-order chi connectivity index (χ0) is 49.7. The van der Waals surface area contributed by atoms with E-state index in [9.17, 15) is 25.2 Å². The van der Waals surface area contributed by atoms with Crippen molar-refractivity contribution in [3.8, 4) is 0 Å². The second-order valence-electron chi connectivity index (χ2n) is 21.4. The first kappa shape index (κ1) is 57.7. The van der Waals surface area contributed by atoms with Crippen molar-refractivity contribution in [1.29, 1.82) is 0 Å². The number of hydrogen-bond acceptors (Lipinski definition) is 8. The van der Waals surface area contributed by atoms with Crippen LogP contribution in [-0.4, -0.2) is 75.9 Å². The largest absolute Gasteiger partial charge is 0.463 e. The van der Waals surface area contributed by atoms with Gasteiger partial charge in [-0.2, -0.15) is 0 Å². The minimum atomic E-state index is -1.50. The van der Waals surface area contributed by atoms with Crippen molar-refractivity contribution >= 4 is 5.97 Å². The molecule has 1 aliphatic heterocycles. The minimum absolute atomic E-state index is 0.0227. The first-order valence-corrected chi connectivity index (χ1v) is 25.3. The fourth-order valence-corrected chi connectivity index (χ4v) is 9.50. The zero-order valence-corrected chi connectivity index (χ0v) is 43.5. The summed E-state index contributed by atoms with van der Waals surface area (Å²) < 4.78 is 17.7. The molecule has 1 saturated heterocycles. The number of aliphatic hydroxyl groups is 4. The summed E-state index contributed by atoms with van der Waals surface area (Å²) >= 11 is 0. The third kappa shape index (κ3) is 20.9. The van der Waals surface area contributed by atoms with Gasteiger partial charge in [0.05, 0.1) is 12.2 Å². The van der Waals surface area contributed by atoms with E-state index in [-0.39, 0.29) is 35.6 Å². The molecule has 3 aliphatic rings. The molecule has 2 aliphatic carbocycles. The van der Waals surface area contributed by atoms with E-state index in [4.69, 9.17) is 14.2 Å². The van der Waals surface area contributed by atoms with Crippen LogP contribution >= 0.6 is 0 Å². The van der Waals surface area contributed by atoms with Crippen molar-refractivity contribution < 1.29 is 39.4 Å². The van der Waals surface area contributed by atoms with Gasteiger partial charge in [0.2, 0.25) is 0 Å². The summed E-state index contributed by atoms with van der Waals surface area (Å²) in [6, 6.07) is 0. The quantitative estimate of drug-likeness (QED) is 0.0428. The molecule has 0 radical (unpaired) electrons. The van der Waals surface area contributed by atoms with Crippen molar-refractivity contribution in [1.82, 2.24) is 0 Å². The summed E-state index contributed by atoms with van der Waals surface area (Å²) in [4.78, 5) is 12.5. The highest BCUT2D eigenvalue weighted by molar-refractivity contribution is 5.69. The first-order chi connectivity index (χ1) is 31.6. The molecule has 8 nitrogen and oxygen atoms in total. The maximum absolute atomic E-state index is 12.5. The highest BCUT2D eigenvalue weighted by Crippen LogP contribution is 2.43. The van der Waals surface area contributed by atoms with Gasteiger partial charge in [0.15, 0.2) is 6.29 Å². The number of unbranched alkanes of at least 4 members (excludes halogenated alkanes) is 6. The van der Waals surface area contributed by atoms with E-state index >= 15 is 0 Å². The maximum Gasteiger partial charge on any atom is 0.305 e. The normalized spacial score (nSPS) is 27.1. The van der Waals surface area contributed by atoms with Crippen LogP contribution in [-0.2, 0) is 19.0 Å². The molecule has 4 N–H and O–H groups in total. The molecular weight excluding hydrogens is 837 g/mol. The molecule has 67 heavy (non-hydrogen) atoms. The number of aliphatic hydroxyl groups excluding tert-OH is 4. The molecule has 3 rings (SSSR count). The van der Waals surface area contributed by atoms with E-state index in [0.717, 1.165) is 54.7 Å². The molecule has 0 spiro atoms. The first-order valence-electron chi connectivity index (χ1n) is 25.3. The fraction of sp³-hybridized carbons (Fsp3) is 0.610. The van der Waals surface area contributed by atoms with Crippen LogP contribution in [0.2, 0.25) is 0 Å². The molecule has 0 aromatic carbocycles. The Hall–Kier alpha value is -3.63. The van der Waals surface area contributed by atoms with Crippen molar-refractivity contribution in [3.63, 3.8) is 0 Å². The number of allylic oxidation sites excluding steroid dienone is 20. The Kier molecular flexibility index (Phi) is 24.8. The summed E-state index contributed by atoms with van der Waals surface area (Å²) in [5.74, 6) is 0.398. The molecule has 0 amide bonds. The molecular formula is C59H90O8. The standard InChI is InChI=1S/C59H90O8/c1-41(2)24-18-16-14-13-15-17-19-31-53(61)65-40-52-54(62)55(63)56(64)57(67-52)66-49-37-47(8)51(59(11,12)39-49)35-33-45(6)30-23-28-43(4)26-21-20-25-42(3)27-22-29-44(5)32-34-50-46(7)36-48(60)38-58(50,9)10/h20-23,25-30,32-35,41,48-49,52,54-57,60,62-64H,13-19,24,31,36-40H2,1-12H3/b21-20+,27-22+,28-23+,34-32+,35-33+,42-25+,43-26+,44-29+,45-30+/t48-,49-,52-,54-,55+,56-,57-/m1/s1. The lowest BCUT2D eigenvalue weighted by atomic mass is 9.71. The number of rotatable bonds is 24. The molecule has 1 heterocycles. The Morgan fingerprint density at radius 3 is 1.64 bits per heavy atom. The molecule has 7 atom stereocenters. The van der Waals surface area contributed by atoms with Gasteiger partial charge in [-0.25, -0.2) is 0 Å². The van der Waals surface area contributed by atoms with E-state index in [0.29, 0.717) is 19.3 Å². The van der Waals surface area contributed by atoms with Crippen LogP contribution in [0, 0.1) is 16.7 Å². The average Bonchev–Trinajstić information content (AvgIpc) is 3.23. The van der Waals surface area contributed by atoms with Gasteiger partial charge >= 0.3 is 5.97 Å². The lowest BCUT2D eigenvalue weighted by Crippen LogP contribution is -2.60. The Labute approximate surface area is 406 Å². The molecule has 0 unspecified atom stereocenters. The highest BCUT2D eigenvalue weighted by Gasteiger charge is 2.46. The molecule has 0 aromatic heterocycles. The van der Waals surface area contributed by atoms with Gasteiger partial charge in [-0.05, 0) is 102 Å². The third-order valence-electron chi connectivity index (χ3n) is 13.3. The van der Waals surface area contributed by atoms with Gasteiger partial charge in [-0.1, -0.05) is 205 Å². The van der Waals surface area contributed by atoms with Crippen LogP contribution in [0.5, 0.6) is 0 Å². The molecule has 374 valence electrons. The van der Waals surface area contributed by atoms with E-state index in [1.54, 1.807) is 0 Å². The van der Waals surface area contributed by atoms with Gasteiger partial charge < -0.3 is 34.6 Å². The second-order valence-corrected chi connectivity index (χ2v) is 21.4. The van der Waals surface area contributed by atoms with Crippen LogP contribution in [0.1, 0.15) is 167 Å². The highest BCUT2D eigenvalue weighted by atomic mass is 16.7.